The van der Waals surface area contributed by atoms with Gasteiger partial charge in [0.25, 0.3) is 5.91 Å². The number of carbonyl (C=O) groups is 1. The van der Waals surface area contributed by atoms with Gasteiger partial charge in [-0.2, -0.15) is 0 Å². The number of benzene rings is 2. The number of nitrogens with zero attached hydrogens (tertiary/aromatic N) is 1. The van der Waals surface area contributed by atoms with Gasteiger partial charge in [-0.1, -0.05) is 23.7 Å². The first-order chi connectivity index (χ1) is 11.1. The first kappa shape index (κ1) is 14.3. The van der Waals surface area contributed by atoms with Crippen LogP contribution in [-0.2, 0) is 6.54 Å². The lowest BCUT2D eigenvalue weighted by Gasteiger charge is -2.18. The van der Waals surface area contributed by atoms with E-state index >= 15 is 0 Å². The van der Waals surface area contributed by atoms with E-state index < -0.39 is 0 Å². The molecule has 2 heterocycles. The maximum absolute atomic E-state index is 14.2. The third-order valence-corrected chi connectivity index (χ3v) is 4.58. The number of amides is 1. The van der Waals surface area contributed by atoms with Crippen LogP contribution in [0, 0.1) is 12.7 Å². The molecule has 0 saturated heterocycles. The van der Waals surface area contributed by atoms with Crippen LogP contribution in [0.4, 0.5) is 4.39 Å². The van der Waals surface area contributed by atoms with Crippen molar-refractivity contribution in [3.05, 3.63) is 58.5 Å². The normalized spacial score (nSPS) is 14.0. The Labute approximate surface area is 137 Å². The van der Waals surface area contributed by atoms with Gasteiger partial charge in [-0.15, -0.1) is 0 Å². The molecule has 0 bridgehead atoms. The summed E-state index contributed by atoms with van der Waals surface area (Å²) in [6.45, 7) is 3.10. The molecule has 1 aromatic heterocycles. The molecule has 5 heteroatoms. The lowest BCUT2D eigenvalue weighted by molar-refractivity contribution is 0.0928. The number of carbonyl (C=O) groups excluding carboxylic acids is 1. The number of aromatic nitrogens is 1. The molecule has 0 saturated carbocycles. The summed E-state index contributed by atoms with van der Waals surface area (Å²) in [5, 5.41) is 4.22. The molecular formula is C18H14ClFN2O. The summed E-state index contributed by atoms with van der Waals surface area (Å²) in [4.78, 5) is 12.2. The molecule has 23 heavy (non-hydrogen) atoms. The van der Waals surface area contributed by atoms with Crippen LogP contribution in [0.2, 0.25) is 5.02 Å². The summed E-state index contributed by atoms with van der Waals surface area (Å²) in [5.41, 5.74) is 3.90. The third kappa shape index (κ3) is 2.13. The van der Waals surface area contributed by atoms with Crippen molar-refractivity contribution in [2.75, 3.05) is 6.54 Å². The highest BCUT2D eigenvalue weighted by Gasteiger charge is 2.25. The smallest absolute Gasteiger partial charge is 0.268 e. The van der Waals surface area contributed by atoms with Gasteiger partial charge in [-0.25, -0.2) is 4.39 Å². The second-order valence-electron chi connectivity index (χ2n) is 5.74. The van der Waals surface area contributed by atoms with E-state index in [1.54, 1.807) is 6.07 Å². The summed E-state index contributed by atoms with van der Waals surface area (Å²) < 4.78 is 16.2. The molecule has 1 amide bonds. The number of halogens is 2. The number of nitrogens with one attached hydrogen (secondary N) is 1. The van der Waals surface area contributed by atoms with Gasteiger partial charge in [-0.05, 0) is 42.3 Å². The molecule has 0 spiro atoms. The first-order valence-electron chi connectivity index (χ1n) is 7.43. The fourth-order valence-corrected chi connectivity index (χ4v) is 3.57. The molecule has 116 valence electrons. The molecule has 0 radical (unpaired) electrons. The van der Waals surface area contributed by atoms with Crippen molar-refractivity contribution < 1.29 is 9.18 Å². The minimum absolute atomic E-state index is 0.109. The van der Waals surface area contributed by atoms with E-state index in [4.69, 9.17) is 11.6 Å². The lowest BCUT2D eigenvalue weighted by Crippen LogP contribution is -2.35. The number of hydrogen-bond donors (Lipinski definition) is 1. The van der Waals surface area contributed by atoms with Gasteiger partial charge in [-0.3, -0.25) is 4.79 Å². The van der Waals surface area contributed by atoms with Crippen molar-refractivity contribution in [2.45, 2.75) is 13.5 Å². The van der Waals surface area contributed by atoms with Gasteiger partial charge in [0.15, 0.2) is 0 Å². The Balaban J connectivity index is 2.13. The van der Waals surface area contributed by atoms with Crippen LogP contribution >= 0.6 is 11.6 Å². The summed E-state index contributed by atoms with van der Waals surface area (Å²) in [5.74, 6) is -0.429. The number of fused-ring (bicyclic) bond motifs is 3. The molecule has 0 unspecified atom stereocenters. The minimum Gasteiger partial charge on any atom is -0.349 e. The van der Waals surface area contributed by atoms with Crippen molar-refractivity contribution in [2.24, 2.45) is 0 Å². The zero-order valence-corrected chi connectivity index (χ0v) is 13.2. The Kier molecular flexibility index (Phi) is 3.16. The molecule has 0 atom stereocenters. The summed E-state index contributed by atoms with van der Waals surface area (Å²) in [7, 11) is 0. The summed E-state index contributed by atoms with van der Waals surface area (Å²) in [6, 6.07) is 10.3. The van der Waals surface area contributed by atoms with Gasteiger partial charge in [0, 0.05) is 29.1 Å². The van der Waals surface area contributed by atoms with Crippen LogP contribution in [0.15, 0.2) is 36.4 Å². The van der Waals surface area contributed by atoms with Gasteiger partial charge < -0.3 is 9.88 Å². The van der Waals surface area contributed by atoms with Crippen molar-refractivity contribution in [1.82, 2.24) is 9.88 Å². The van der Waals surface area contributed by atoms with Crippen molar-refractivity contribution >= 4 is 28.4 Å². The third-order valence-electron chi connectivity index (χ3n) is 4.35. The average molecular weight is 329 g/mol. The Hall–Kier alpha value is -2.33. The SMILES string of the molecule is Cc1c2n(c3c(-c4cccc(Cl)c4)cc(F)cc13)CCNC2=O. The van der Waals surface area contributed by atoms with E-state index in [1.807, 2.05) is 29.7 Å². The van der Waals surface area contributed by atoms with Gasteiger partial charge in [0.1, 0.15) is 11.5 Å². The van der Waals surface area contributed by atoms with Crippen LogP contribution in [0.5, 0.6) is 0 Å². The van der Waals surface area contributed by atoms with Crippen LogP contribution < -0.4 is 5.32 Å². The van der Waals surface area contributed by atoms with Crippen LogP contribution in [-0.4, -0.2) is 17.0 Å². The molecule has 0 aliphatic carbocycles. The summed E-state index contributed by atoms with van der Waals surface area (Å²) >= 11 is 6.09. The highest BCUT2D eigenvalue weighted by atomic mass is 35.5. The van der Waals surface area contributed by atoms with Crippen molar-refractivity contribution in [1.29, 1.82) is 0 Å². The minimum atomic E-state index is -0.320. The topological polar surface area (TPSA) is 34.0 Å². The molecular weight excluding hydrogens is 315 g/mol. The van der Waals surface area contributed by atoms with Gasteiger partial charge in [0.05, 0.1) is 5.52 Å². The van der Waals surface area contributed by atoms with Gasteiger partial charge >= 0.3 is 0 Å². The molecule has 4 rings (SSSR count). The van der Waals surface area contributed by atoms with E-state index in [-0.39, 0.29) is 11.7 Å². The Morgan fingerprint density at radius 3 is 2.87 bits per heavy atom. The fraction of sp³-hybridized carbons (Fsp3) is 0.167. The van der Waals surface area contributed by atoms with E-state index in [0.717, 1.165) is 27.6 Å². The van der Waals surface area contributed by atoms with E-state index in [0.29, 0.717) is 23.8 Å². The van der Waals surface area contributed by atoms with Crippen LogP contribution in [0.1, 0.15) is 16.1 Å². The number of rotatable bonds is 1. The van der Waals surface area contributed by atoms with Crippen molar-refractivity contribution in [3.8, 4) is 11.1 Å². The second kappa shape index (κ2) is 5.10. The monoisotopic (exact) mass is 328 g/mol. The van der Waals surface area contributed by atoms with Crippen molar-refractivity contribution in [3.63, 3.8) is 0 Å². The fourth-order valence-electron chi connectivity index (χ4n) is 3.38. The first-order valence-corrected chi connectivity index (χ1v) is 7.80. The predicted molar refractivity (Wildman–Crippen MR) is 89.4 cm³/mol. The molecule has 3 nitrogen and oxygen atoms in total. The largest absolute Gasteiger partial charge is 0.349 e. The van der Waals surface area contributed by atoms with Crippen LogP contribution in [0.3, 0.4) is 0 Å². The maximum Gasteiger partial charge on any atom is 0.268 e. The highest BCUT2D eigenvalue weighted by molar-refractivity contribution is 6.30. The van der Waals surface area contributed by atoms with E-state index in [1.165, 1.54) is 12.1 Å². The Bertz CT molecular complexity index is 961. The average Bonchev–Trinajstić information content (AvgIpc) is 2.81. The molecule has 1 N–H and O–H groups in total. The van der Waals surface area contributed by atoms with E-state index in [2.05, 4.69) is 5.32 Å². The molecule has 0 fully saturated rings. The zero-order chi connectivity index (χ0) is 16.1. The standard InChI is InChI=1S/C18H14ClFN2O/c1-10-14-8-13(20)9-15(11-3-2-4-12(19)7-11)17(14)22-6-5-21-18(23)16(10)22/h2-4,7-9H,5-6H2,1H3,(H,21,23). The Morgan fingerprint density at radius 1 is 1.26 bits per heavy atom. The number of hydrogen-bond acceptors (Lipinski definition) is 1. The lowest BCUT2D eigenvalue weighted by atomic mass is 10.0. The quantitative estimate of drug-likeness (QED) is 0.715. The zero-order valence-electron chi connectivity index (χ0n) is 12.5. The van der Waals surface area contributed by atoms with E-state index in [9.17, 15) is 9.18 Å². The van der Waals surface area contributed by atoms with Gasteiger partial charge in [0.2, 0.25) is 0 Å². The molecule has 1 aliphatic heterocycles. The Morgan fingerprint density at radius 2 is 2.09 bits per heavy atom. The predicted octanol–water partition coefficient (Wildman–Crippen LogP) is 4.15. The molecule has 2 aromatic carbocycles. The van der Waals surface area contributed by atoms with Crippen LogP contribution in [0.25, 0.3) is 22.0 Å². The highest BCUT2D eigenvalue weighted by Crippen LogP contribution is 2.36. The number of aryl methyl sites for hydroxylation is 1. The molecule has 1 aliphatic rings. The summed E-state index contributed by atoms with van der Waals surface area (Å²) in [6.07, 6.45) is 0. The second-order valence-corrected chi connectivity index (χ2v) is 6.18. The maximum atomic E-state index is 14.2. The molecule has 3 aromatic rings.